The molecule has 1 N–H and O–H groups in total. The number of fused-ring (bicyclic) bond motifs is 1. The number of nitrogens with one attached hydrogen (secondary N) is 1. The number of hydrogen-bond donors (Lipinski definition) is 1. The Morgan fingerprint density at radius 1 is 1.03 bits per heavy atom. The molecule has 0 radical (unpaired) electrons. The molecule has 29 heavy (non-hydrogen) atoms. The molecular weight excluding hydrogens is 362 g/mol. The molecule has 1 atom stereocenters. The Morgan fingerprint density at radius 3 is 2.48 bits per heavy atom. The van der Waals surface area contributed by atoms with Gasteiger partial charge in [0, 0.05) is 38.3 Å². The summed E-state index contributed by atoms with van der Waals surface area (Å²) in [4.78, 5) is 17.9. The minimum atomic E-state index is -0.0509. The van der Waals surface area contributed by atoms with Gasteiger partial charge in [0.15, 0.2) is 0 Å². The first kappa shape index (κ1) is 19.9. The fourth-order valence-electron chi connectivity index (χ4n) is 4.31. The maximum atomic E-state index is 13.1. The molecule has 1 aliphatic heterocycles. The zero-order valence-electron chi connectivity index (χ0n) is 17.5. The number of carbonyl (C=O) groups excluding carboxylic acids is 1. The number of ether oxygens (including phenoxy) is 1. The van der Waals surface area contributed by atoms with Gasteiger partial charge in [-0.1, -0.05) is 18.2 Å². The van der Waals surface area contributed by atoms with Crippen LogP contribution in [0.3, 0.4) is 0 Å². The van der Waals surface area contributed by atoms with Crippen molar-refractivity contribution in [2.24, 2.45) is 0 Å². The largest absolute Gasteiger partial charge is 0.497 e. The van der Waals surface area contributed by atoms with Crippen molar-refractivity contribution in [3.05, 3.63) is 64.7 Å². The van der Waals surface area contributed by atoms with Crippen LogP contribution < -0.4 is 10.1 Å². The molecule has 0 spiro atoms. The molecule has 2 aromatic carbocycles. The van der Waals surface area contributed by atoms with Crippen LogP contribution in [0.4, 0.5) is 0 Å². The van der Waals surface area contributed by atoms with Crippen molar-refractivity contribution in [3.63, 3.8) is 0 Å². The number of likely N-dealkylation sites (N-methyl/N-ethyl adjacent to an activating group) is 1. The number of nitrogens with zero attached hydrogens (tertiary/aromatic N) is 2. The van der Waals surface area contributed by atoms with Crippen molar-refractivity contribution >= 4 is 5.91 Å². The first-order valence-electron chi connectivity index (χ1n) is 10.6. The predicted molar refractivity (Wildman–Crippen MR) is 116 cm³/mol. The Kier molecular flexibility index (Phi) is 6.16. The summed E-state index contributed by atoms with van der Waals surface area (Å²) in [7, 11) is 3.83. The van der Waals surface area contributed by atoms with Crippen LogP contribution >= 0.6 is 0 Å². The zero-order chi connectivity index (χ0) is 20.2. The van der Waals surface area contributed by atoms with Gasteiger partial charge in [0.1, 0.15) is 5.75 Å². The summed E-state index contributed by atoms with van der Waals surface area (Å²) in [5.74, 6) is 0.840. The number of rotatable bonds is 6. The second-order valence-electron chi connectivity index (χ2n) is 8.24. The van der Waals surface area contributed by atoms with E-state index in [2.05, 4.69) is 46.4 Å². The number of methoxy groups -OCH3 is 1. The van der Waals surface area contributed by atoms with Gasteiger partial charge in [-0.2, -0.15) is 0 Å². The molecule has 1 fully saturated rings. The highest BCUT2D eigenvalue weighted by atomic mass is 16.5. The van der Waals surface area contributed by atoms with Crippen LogP contribution in [0.5, 0.6) is 5.75 Å². The molecular formula is C24H31N3O2. The quantitative estimate of drug-likeness (QED) is 0.820. The Labute approximate surface area is 173 Å². The van der Waals surface area contributed by atoms with Gasteiger partial charge in [0.25, 0.3) is 5.91 Å². The number of amides is 1. The van der Waals surface area contributed by atoms with E-state index >= 15 is 0 Å². The smallest absolute Gasteiger partial charge is 0.251 e. The van der Waals surface area contributed by atoms with Crippen LogP contribution in [0.25, 0.3) is 0 Å². The molecule has 1 aliphatic carbocycles. The maximum absolute atomic E-state index is 13.1. The number of hydrogen-bond acceptors (Lipinski definition) is 4. The van der Waals surface area contributed by atoms with E-state index in [9.17, 15) is 4.79 Å². The fourth-order valence-corrected chi connectivity index (χ4v) is 4.31. The summed E-state index contributed by atoms with van der Waals surface area (Å²) >= 11 is 0. The lowest BCUT2D eigenvalue weighted by atomic mass is 10.0. The summed E-state index contributed by atoms with van der Waals surface area (Å²) in [6.45, 7) is 4.99. The Morgan fingerprint density at radius 2 is 1.76 bits per heavy atom. The summed E-state index contributed by atoms with van der Waals surface area (Å²) in [5, 5.41) is 3.30. The highest BCUT2D eigenvalue weighted by Gasteiger charge is 2.22. The first-order chi connectivity index (χ1) is 14.1. The van der Waals surface area contributed by atoms with Crippen molar-refractivity contribution in [2.45, 2.75) is 25.3 Å². The number of benzene rings is 2. The van der Waals surface area contributed by atoms with E-state index in [4.69, 9.17) is 4.74 Å². The van der Waals surface area contributed by atoms with E-state index < -0.39 is 0 Å². The van der Waals surface area contributed by atoms with Gasteiger partial charge in [-0.3, -0.25) is 9.69 Å². The molecule has 5 heteroatoms. The molecule has 154 valence electrons. The van der Waals surface area contributed by atoms with Crippen LogP contribution in [0.1, 0.15) is 39.5 Å². The Bertz CT molecular complexity index is 842. The van der Waals surface area contributed by atoms with Crippen molar-refractivity contribution in [1.82, 2.24) is 15.1 Å². The minimum absolute atomic E-state index is 0.00893. The third-order valence-corrected chi connectivity index (χ3v) is 6.22. The van der Waals surface area contributed by atoms with E-state index in [0.29, 0.717) is 0 Å². The zero-order valence-corrected chi connectivity index (χ0v) is 17.5. The van der Waals surface area contributed by atoms with E-state index in [-0.39, 0.29) is 11.9 Å². The third-order valence-electron chi connectivity index (χ3n) is 6.22. The normalized spacial score (nSPS) is 18.3. The highest BCUT2D eigenvalue weighted by Crippen LogP contribution is 2.24. The molecule has 2 aromatic rings. The van der Waals surface area contributed by atoms with Crippen molar-refractivity contribution in [3.8, 4) is 5.75 Å². The number of aryl methyl sites for hydroxylation is 2. The Hall–Kier alpha value is -2.37. The lowest BCUT2D eigenvalue weighted by molar-refractivity contribution is 0.0907. The molecule has 0 aromatic heterocycles. The van der Waals surface area contributed by atoms with E-state index in [1.165, 1.54) is 17.5 Å². The van der Waals surface area contributed by atoms with Crippen molar-refractivity contribution in [1.29, 1.82) is 0 Å². The highest BCUT2D eigenvalue weighted by molar-refractivity contribution is 5.94. The molecule has 1 heterocycles. The molecule has 0 saturated carbocycles. The molecule has 1 saturated heterocycles. The molecule has 0 unspecified atom stereocenters. The van der Waals surface area contributed by atoms with Gasteiger partial charge in [-0.05, 0) is 67.3 Å². The molecule has 0 bridgehead atoms. The molecule has 5 nitrogen and oxygen atoms in total. The number of carbonyl (C=O) groups is 1. The summed E-state index contributed by atoms with van der Waals surface area (Å²) in [5.41, 5.74) is 4.60. The van der Waals surface area contributed by atoms with Crippen LogP contribution in [0.15, 0.2) is 42.5 Å². The predicted octanol–water partition coefficient (Wildman–Crippen LogP) is 2.90. The standard InChI is InChI=1S/C24H31N3O2/c1-26-12-14-27(15-13-26)17-23(19-8-10-22(29-2)11-9-19)25-24(28)21-7-6-18-4-3-5-20(18)16-21/h6-11,16,23H,3-5,12-15,17H2,1-2H3,(H,25,28)/t23-/m0/s1. The second kappa shape index (κ2) is 8.97. The Balaban J connectivity index is 1.51. The second-order valence-corrected chi connectivity index (χ2v) is 8.24. The lowest BCUT2D eigenvalue weighted by Gasteiger charge is -2.35. The SMILES string of the molecule is COc1ccc([C@H](CN2CCN(C)CC2)NC(=O)c2ccc3c(c2)CCC3)cc1. The summed E-state index contributed by atoms with van der Waals surface area (Å²) in [6, 6.07) is 14.2. The molecule has 2 aliphatic rings. The van der Waals surface area contributed by atoms with Gasteiger partial charge in [-0.15, -0.1) is 0 Å². The van der Waals surface area contributed by atoms with Crippen molar-refractivity contribution in [2.75, 3.05) is 46.9 Å². The summed E-state index contributed by atoms with van der Waals surface area (Å²) < 4.78 is 5.30. The van der Waals surface area contributed by atoms with Crippen LogP contribution in [-0.2, 0) is 12.8 Å². The number of piperazine rings is 1. The maximum Gasteiger partial charge on any atom is 0.251 e. The van der Waals surface area contributed by atoms with Gasteiger partial charge < -0.3 is 15.0 Å². The lowest BCUT2D eigenvalue weighted by Crippen LogP contribution is -2.47. The third kappa shape index (κ3) is 4.80. The first-order valence-corrected chi connectivity index (χ1v) is 10.6. The van der Waals surface area contributed by atoms with E-state index in [0.717, 1.165) is 62.4 Å². The van der Waals surface area contributed by atoms with Gasteiger partial charge in [0.2, 0.25) is 0 Å². The van der Waals surface area contributed by atoms with Gasteiger partial charge in [0.05, 0.1) is 13.2 Å². The van der Waals surface area contributed by atoms with E-state index in [1.807, 2.05) is 18.2 Å². The minimum Gasteiger partial charge on any atom is -0.497 e. The average Bonchev–Trinajstić information content (AvgIpc) is 3.23. The van der Waals surface area contributed by atoms with Crippen LogP contribution in [-0.4, -0.2) is 62.6 Å². The van der Waals surface area contributed by atoms with Gasteiger partial charge in [-0.25, -0.2) is 0 Å². The average molecular weight is 394 g/mol. The van der Waals surface area contributed by atoms with Crippen LogP contribution in [0, 0.1) is 0 Å². The van der Waals surface area contributed by atoms with Crippen molar-refractivity contribution < 1.29 is 9.53 Å². The van der Waals surface area contributed by atoms with Gasteiger partial charge >= 0.3 is 0 Å². The molecule has 1 amide bonds. The summed E-state index contributed by atoms with van der Waals surface area (Å²) in [6.07, 6.45) is 3.41. The van der Waals surface area contributed by atoms with E-state index in [1.54, 1.807) is 7.11 Å². The monoisotopic (exact) mass is 393 g/mol. The van der Waals surface area contributed by atoms with Crippen LogP contribution in [0.2, 0.25) is 0 Å². The topological polar surface area (TPSA) is 44.8 Å². The fraction of sp³-hybridized carbons (Fsp3) is 0.458. The molecule has 4 rings (SSSR count).